The number of carbonyl (C=O) groups is 2. The van der Waals surface area contributed by atoms with E-state index < -0.39 is 17.8 Å². The molecule has 0 aromatic heterocycles. The molecular weight excluding hydrogens is 510 g/mol. The summed E-state index contributed by atoms with van der Waals surface area (Å²) in [5.74, 6) is -1.36. The van der Waals surface area contributed by atoms with Gasteiger partial charge in [0.1, 0.15) is 11.9 Å². The molecule has 1 N–H and O–H groups in total. The van der Waals surface area contributed by atoms with Crippen molar-refractivity contribution in [3.63, 3.8) is 0 Å². The summed E-state index contributed by atoms with van der Waals surface area (Å²) in [5.41, 5.74) is 1.56. The lowest BCUT2D eigenvalue weighted by atomic mass is 10.0. The van der Waals surface area contributed by atoms with Crippen LogP contribution in [0.1, 0.15) is 30.5 Å². The van der Waals surface area contributed by atoms with Crippen LogP contribution >= 0.6 is 34.8 Å². The molecule has 0 spiro atoms. The fourth-order valence-electron chi connectivity index (χ4n) is 3.72. The summed E-state index contributed by atoms with van der Waals surface area (Å²) in [6.45, 7) is 3.72. The van der Waals surface area contributed by atoms with Gasteiger partial charge in [0.15, 0.2) is 0 Å². The second kappa shape index (κ2) is 12.4. The fraction of sp³-hybridized carbons (Fsp3) is 0.259. The zero-order valence-corrected chi connectivity index (χ0v) is 21.7. The highest BCUT2D eigenvalue weighted by atomic mass is 35.5. The van der Waals surface area contributed by atoms with Gasteiger partial charge in [-0.3, -0.25) is 9.59 Å². The number of benzene rings is 3. The molecule has 0 saturated carbocycles. The third kappa shape index (κ3) is 7.44. The number of carbonyl (C=O) groups excluding carboxylic acids is 2. The van der Waals surface area contributed by atoms with Crippen molar-refractivity contribution >= 4 is 46.6 Å². The largest absolute Gasteiger partial charge is 0.352 e. The Kier molecular flexibility index (Phi) is 9.55. The van der Waals surface area contributed by atoms with E-state index in [4.69, 9.17) is 34.8 Å². The molecule has 0 aliphatic carbocycles. The van der Waals surface area contributed by atoms with E-state index in [1.54, 1.807) is 18.2 Å². The lowest BCUT2D eigenvalue weighted by Crippen LogP contribution is -2.52. The van der Waals surface area contributed by atoms with E-state index in [9.17, 15) is 14.0 Å². The highest BCUT2D eigenvalue weighted by Gasteiger charge is 2.32. The average Bonchev–Trinajstić information content (AvgIpc) is 2.80. The zero-order chi connectivity index (χ0) is 25.5. The van der Waals surface area contributed by atoms with Gasteiger partial charge in [-0.1, -0.05) is 77.3 Å². The van der Waals surface area contributed by atoms with Crippen LogP contribution in [0.3, 0.4) is 0 Å². The molecule has 0 radical (unpaired) electrons. The van der Waals surface area contributed by atoms with E-state index in [1.807, 2.05) is 44.2 Å². The summed E-state index contributed by atoms with van der Waals surface area (Å²) in [6.07, 6.45) is -0.0433. The highest BCUT2D eigenvalue weighted by Crippen LogP contribution is 2.26. The summed E-state index contributed by atoms with van der Waals surface area (Å²) in [7, 11) is 0. The SMILES string of the molecule is CC(C)NC(=O)[C@H](Cc1ccccc1)N(Cc1ccc(Cl)cc1Cl)C(=O)Cc1c(F)cccc1Cl. The summed E-state index contributed by atoms with van der Waals surface area (Å²) in [5, 5.41) is 3.87. The molecule has 184 valence electrons. The fourth-order valence-corrected chi connectivity index (χ4v) is 4.42. The average molecular weight is 536 g/mol. The Morgan fingerprint density at radius 1 is 0.943 bits per heavy atom. The van der Waals surface area contributed by atoms with Crippen LogP contribution in [0.2, 0.25) is 15.1 Å². The lowest BCUT2D eigenvalue weighted by molar-refractivity contribution is -0.141. The Bertz CT molecular complexity index is 1170. The number of amides is 2. The number of nitrogens with zero attached hydrogens (tertiary/aromatic N) is 1. The Labute approximate surface area is 220 Å². The molecule has 4 nitrogen and oxygen atoms in total. The molecule has 3 aromatic carbocycles. The van der Waals surface area contributed by atoms with E-state index >= 15 is 0 Å². The number of halogens is 4. The quantitative estimate of drug-likeness (QED) is 0.340. The first-order chi connectivity index (χ1) is 16.7. The molecule has 8 heteroatoms. The molecule has 0 aliphatic heterocycles. The summed E-state index contributed by atoms with van der Waals surface area (Å²) >= 11 is 18.7. The number of nitrogens with one attached hydrogen (secondary N) is 1. The number of hydrogen-bond acceptors (Lipinski definition) is 2. The minimum Gasteiger partial charge on any atom is -0.352 e. The molecule has 35 heavy (non-hydrogen) atoms. The first-order valence-corrected chi connectivity index (χ1v) is 12.3. The van der Waals surface area contributed by atoms with Crippen molar-refractivity contribution in [2.45, 2.75) is 45.3 Å². The van der Waals surface area contributed by atoms with Gasteiger partial charge in [0, 0.05) is 39.6 Å². The summed E-state index contributed by atoms with van der Waals surface area (Å²) in [4.78, 5) is 28.5. The predicted molar refractivity (Wildman–Crippen MR) is 139 cm³/mol. The molecule has 0 unspecified atom stereocenters. The number of rotatable bonds is 9. The molecule has 1 atom stereocenters. The van der Waals surface area contributed by atoms with Gasteiger partial charge < -0.3 is 10.2 Å². The smallest absolute Gasteiger partial charge is 0.243 e. The minimum absolute atomic E-state index is 0.0317. The van der Waals surface area contributed by atoms with Crippen LogP contribution in [0.5, 0.6) is 0 Å². The molecule has 0 fully saturated rings. The minimum atomic E-state index is -0.871. The third-order valence-electron chi connectivity index (χ3n) is 5.45. The lowest BCUT2D eigenvalue weighted by Gasteiger charge is -2.32. The number of hydrogen-bond donors (Lipinski definition) is 1. The van der Waals surface area contributed by atoms with Crippen molar-refractivity contribution in [2.24, 2.45) is 0 Å². The van der Waals surface area contributed by atoms with Gasteiger partial charge in [-0.15, -0.1) is 0 Å². The van der Waals surface area contributed by atoms with Crippen LogP contribution in [-0.2, 0) is 29.0 Å². The molecule has 0 aliphatic rings. The molecular formula is C27H26Cl3FN2O2. The first kappa shape index (κ1) is 27.0. The van der Waals surface area contributed by atoms with Crippen LogP contribution in [0.4, 0.5) is 4.39 Å². The van der Waals surface area contributed by atoms with Crippen LogP contribution in [0, 0.1) is 5.82 Å². The van der Waals surface area contributed by atoms with Crippen molar-refractivity contribution in [1.29, 1.82) is 0 Å². The van der Waals surface area contributed by atoms with Crippen LogP contribution in [0.15, 0.2) is 66.7 Å². The normalized spacial score (nSPS) is 11.9. The van der Waals surface area contributed by atoms with Gasteiger partial charge in [-0.05, 0) is 49.2 Å². The summed E-state index contributed by atoms with van der Waals surface area (Å²) in [6, 6.07) is 17.6. The zero-order valence-electron chi connectivity index (χ0n) is 19.4. The Morgan fingerprint density at radius 2 is 1.66 bits per heavy atom. The van der Waals surface area contributed by atoms with Crippen molar-refractivity contribution in [3.8, 4) is 0 Å². The Morgan fingerprint density at radius 3 is 2.29 bits per heavy atom. The van der Waals surface area contributed by atoms with E-state index in [0.29, 0.717) is 15.6 Å². The standard InChI is InChI=1S/C27H26Cl3FN2O2/c1-17(2)32-27(35)25(13-18-7-4-3-5-8-18)33(16-19-11-12-20(28)14-23(19)30)26(34)15-21-22(29)9-6-10-24(21)31/h3-12,14,17,25H,13,15-16H2,1-2H3,(H,32,35)/t25-/m0/s1. The van der Waals surface area contributed by atoms with Gasteiger partial charge in [-0.25, -0.2) is 4.39 Å². The van der Waals surface area contributed by atoms with Gasteiger partial charge in [0.25, 0.3) is 0 Å². The predicted octanol–water partition coefficient (Wildman–Crippen LogP) is 6.49. The maximum absolute atomic E-state index is 14.5. The van der Waals surface area contributed by atoms with Gasteiger partial charge in [0.2, 0.25) is 11.8 Å². The van der Waals surface area contributed by atoms with E-state index in [2.05, 4.69) is 5.32 Å². The molecule has 2 amide bonds. The van der Waals surface area contributed by atoms with Crippen molar-refractivity contribution in [2.75, 3.05) is 0 Å². The van der Waals surface area contributed by atoms with Crippen LogP contribution in [0.25, 0.3) is 0 Å². The molecule has 0 bridgehead atoms. The summed E-state index contributed by atoms with van der Waals surface area (Å²) < 4.78 is 14.5. The topological polar surface area (TPSA) is 49.4 Å². The monoisotopic (exact) mass is 534 g/mol. The third-order valence-corrected chi connectivity index (χ3v) is 6.39. The highest BCUT2D eigenvalue weighted by molar-refractivity contribution is 6.35. The second-order valence-electron chi connectivity index (χ2n) is 8.50. The molecule has 0 saturated heterocycles. The molecule has 3 aromatic rings. The second-order valence-corrected chi connectivity index (χ2v) is 9.75. The van der Waals surface area contributed by atoms with E-state index in [1.165, 1.54) is 23.1 Å². The van der Waals surface area contributed by atoms with Gasteiger partial charge in [-0.2, -0.15) is 0 Å². The van der Waals surface area contributed by atoms with Crippen molar-refractivity contribution < 1.29 is 14.0 Å². The van der Waals surface area contributed by atoms with Crippen LogP contribution < -0.4 is 5.32 Å². The maximum Gasteiger partial charge on any atom is 0.243 e. The van der Waals surface area contributed by atoms with Gasteiger partial charge in [0.05, 0.1) is 6.42 Å². The van der Waals surface area contributed by atoms with Crippen molar-refractivity contribution in [1.82, 2.24) is 10.2 Å². The van der Waals surface area contributed by atoms with Gasteiger partial charge >= 0.3 is 0 Å². The van der Waals surface area contributed by atoms with E-state index in [-0.39, 0.29) is 41.9 Å². The Hall–Kier alpha value is -2.60. The Balaban J connectivity index is 2.04. The first-order valence-electron chi connectivity index (χ1n) is 11.2. The maximum atomic E-state index is 14.5. The van der Waals surface area contributed by atoms with Crippen LogP contribution in [-0.4, -0.2) is 28.8 Å². The molecule has 3 rings (SSSR count). The molecule has 0 heterocycles. The van der Waals surface area contributed by atoms with Crippen molar-refractivity contribution in [3.05, 3.63) is 104 Å². The van der Waals surface area contributed by atoms with E-state index in [0.717, 1.165) is 5.56 Å².